The van der Waals surface area contributed by atoms with E-state index < -0.39 is 0 Å². The summed E-state index contributed by atoms with van der Waals surface area (Å²) in [6.45, 7) is 4.19. The molecule has 0 bridgehead atoms. The van der Waals surface area contributed by atoms with Crippen molar-refractivity contribution in [2.75, 3.05) is 13.2 Å². The number of para-hydroxylation sites is 1. The molecule has 0 heterocycles. The zero-order chi connectivity index (χ0) is 13.8. The van der Waals surface area contributed by atoms with Crippen molar-refractivity contribution in [3.8, 4) is 5.75 Å². The molecule has 3 rings (SSSR count). The largest absolute Gasteiger partial charge is 0.493 e. The van der Waals surface area contributed by atoms with Crippen LogP contribution in [0.4, 0.5) is 0 Å². The second-order valence-corrected chi connectivity index (χ2v) is 6.37. The standard InChI is InChI=1S/C18H27NO/c1-2-12-20-18-9-4-3-7-17(18)16-8-5-6-14(16)13-19-15-10-11-15/h3-4,7,9,14-16,19H,2,5-6,8,10-13H2,1H3. The monoisotopic (exact) mass is 273 g/mol. The summed E-state index contributed by atoms with van der Waals surface area (Å²) in [6.07, 6.45) is 7.90. The summed E-state index contributed by atoms with van der Waals surface area (Å²) in [5.74, 6) is 2.61. The highest BCUT2D eigenvalue weighted by Crippen LogP contribution is 2.43. The maximum atomic E-state index is 5.96. The summed E-state index contributed by atoms with van der Waals surface area (Å²) in [4.78, 5) is 0. The van der Waals surface area contributed by atoms with Gasteiger partial charge in [0.15, 0.2) is 0 Å². The second-order valence-electron chi connectivity index (χ2n) is 6.37. The molecule has 2 atom stereocenters. The molecule has 0 spiro atoms. The normalized spacial score (nSPS) is 25.9. The van der Waals surface area contributed by atoms with Crippen LogP contribution in [-0.2, 0) is 0 Å². The average Bonchev–Trinajstić information content (AvgIpc) is 3.20. The molecule has 0 saturated heterocycles. The van der Waals surface area contributed by atoms with Crippen molar-refractivity contribution in [3.05, 3.63) is 29.8 Å². The van der Waals surface area contributed by atoms with E-state index >= 15 is 0 Å². The number of rotatable bonds is 7. The summed E-state index contributed by atoms with van der Waals surface area (Å²) < 4.78 is 5.96. The molecule has 0 amide bonds. The van der Waals surface area contributed by atoms with Gasteiger partial charge < -0.3 is 10.1 Å². The minimum atomic E-state index is 0.689. The molecule has 2 fully saturated rings. The van der Waals surface area contributed by atoms with Crippen LogP contribution in [0.25, 0.3) is 0 Å². The van der Waals surface area contributed by atoms with Gasteiger partial charge in [0.1, 0.15) is 5.75 Å². The van der Waals surface area contributed by atoms with Gasteiger partial charge in [-0.1, -0.05) is 31.5 Å². The van der Waals surface area contributed by atoms with Crippen LogP contribution in [0.2, 0.25) is 0 Å². The fourth-order valence-corrected chi connectivity index (χ4v) is 3.43. The first-order valence-electron chi connectivity index (χ1n) is 8.33. The maximum absolute atomic E-state index is 5.96. The maximum Gasteiger partial charge on any atom is 0.122 e. The van der Waals surface area contributed by atoms with Crippen molar-refractivity contribution >= 4 is 0 Å². The molecule has 20 heavy (non-hydrogen) atoms. The van der Waals surface area contributed by atoms with Gasteiger partial charge in [-0.2, -0.15) is 0 Å². The summed E-state index contributed by atoms with van der Waals surface area (Å²) >= 11 is 0. The minimum absolute atomic E-state index is 0.689. The number of nitrogens with one attached hydrogen (secondary N) is 1. The molecule has 110 valence electrons. The van der Waals surface area contributed by atoms with Crippen molar-refractivity contribution in [1.82, 2.24) is 5.32 Å². The van der Waals surface area contributed by atoms with Gasteiger partial charge in [0.2, 0.25) is 0 Å². The van der Waals surface area contributed by atoms with E-state index in [1.54, 1.807) is 0 Å². The Bertz CT molecular complexity index is 427. The van der Waals surface area contributed by atoms with Crippen LogP contribution < -0.4 is 10.1 Å². The van der Waals surface area contributed by atoms with Crippen molar-refractivity contribution < 1.29 is 4.74 Å². The lowest BCUT2D eigenvalue weighted by Crippen LogP contribution is -2.26. The topological polar surface area (TPSA) is 21.3 Å². The Kier molecular flexibility index (Phi) is 4.62. The number of ether oxygens (including phenoxy) is 1. The van der Waals surface area contributed by atoms with Gasteiger partial charge in [0.05, 0.1) is 6.61 Å². The molecular weight excluding hydrogens is 246 g/mol. The van der Waals surface area contributed by atoms with Gasteiger partial charge in [-0.05, 0) is 62.1 Å². The first-order valence-corrected chi connectivity index (χ1v) is 8.33. The lowest BCUT2D eigenvalue weighted by atomic mass is 9.88. The molecule has 1 aromatic carbocycles. The Morgan fingerprint density at radius 2 is 2.00 bits per heavy atom. The molecule has 2 nitrogen and oxygen atoms in total. The zero-order valence-electron chi connectivity index (χ0n) is 12.6. The predicted molar refractivity (Wildman–Crippen MR) is 83.3 cm³/mol. The van der Waals surface area contributed by atoms with Gasteiger partial charge in [-0.25, -0.2) is 0 Å². The molecule has 0 radical (unpaired) electrons. The smallest absolute Gasteiger partial charge is 0.122 e. The van der Waals surface area contributed by atoms with Crippen LogP contribution >= 0.6 is 0 Å². The molecule has 2 aliphatic carbocycles. The van der Waals surface area contributed by atoms with Gasteiger partial charge in [-0.15, -0.1) is 0 Å². The fourth-order valence-electron chi connectivity index (χ4n) is 3.43. The Morgan fingerprint density at radius 1 is 1.15 bits per heavy atom. The van der Waals surface area contributed by atoms with Crippen LogP contribution in [0.1, 0.15) is 56.9 Å². The van der Waals surface area contributed by atoms with Crippen LogP contribution in [0.5, 0.6) is 5.75 Å². The molecule has 1 N–H and O–H groups in total. The van der Waals surface area contributed by atoms with Crippen molar-refractivity contribution in [1.29, 1.82) is 0 Å². The summed E-state index contributed by atoms with van der Waals surface area (Å²) in [5.41, 5.74) is 1.45. The van der Waals surface area contributed by atoms with E-state index in [-0.39, 0.29) is 0 Å². The first-order chi connectivity index (χ1) is 9.88. The molecule has 2 heteroatoms. The van der Waals surface area contributed by atoms with E-state index in [4.69, 9.17) is 4.74 Å². The summed E-state index contributed by atoms with van der Waals surface area (Å²) in [7, 11) is 0. The van der Waals surface area contributed by atoms with E-state index in [0.717, 1.165) is 30.7 Å². The van der Waals surface area contributed by atoms with Gasteiger partial charge >= 0.3 is 0 Å². The average molecular weight is 273 g/mol. The highest BCUT2D eigenvalue weighted by molar-refractivity contribution is 5.37. The molecule has 2 unspecified atom stereocenters. The lowest BCUT2D eigenvalue weighted by Gasteiger charge is -2.23. The van der Waals surface area contributed by atoms with Crippen molar-refractivity contribution in [2.45, 2.75) is 57.4 Å². The Hall–Kier alpha value is -1.02. The Labute approximate surface area is 122 Å². The van der Waals surface area contributed by atoms with Crippen LogP contribution in [0.3, 0.4) is 0 Å². The molecule has 2 saturated carbocycles. The molecule has 0 aromatic heterocycles. The second kappa shape index (κ2) is 6.62. The van der Waals surface area contributed by atoms with Gasteiger partial charge in [-0.3, -0.25) is 0 Å². The molecule has 1 aromatic rings. The third-order valence-electron chi connectivity index (χ3n) is 4.69. The Balaban J connectivity index is 1.69. The SMILES string of the molecule is CCCOc1ccccc1C1CCCC1CNC1CC1. The third-order valence-corrected chi connectivity index (χ3v) is 4.69. The van der Waals surface area contributed by atoms with E-state index in [1.165, 1.54) is 44.2 Å². The van der Waals surface area contributed by atoms with E-state index in [2.05, 4.69) is 36.5 Å². The molecule has 2 aliphatic rings. The van der Waals surface area contributed by atoms with Crippen molar-refractivity contribution in [3.63, 3.8) is 0 Å². The van der Waals surface area contributed by atoms with Crippen LogP contribution in [0.15, 0.2) is 24.3 Å². The quantitative estimate of drug-likeness (QED) is 0.807. The zero-order valence-corrected chi connectivity index (χ0v) is 12.6. The fraction of sp³-hybridized carbons (Fsp3) is 0.667. The van der Waals surface area contributed by atoms with Crippen molar-refractivity contribution in [2.24, 2.45) is 5.92 Å². The van der Waals surface area contributed by atoms with Gasteiger partial charge in [0.25, 0.3) is 0 Å². The third kappa shape index (κ3) is 3.35. The van der Waals surface area contributed by atoms with Gasteiger partial charge in [0, 0.05) is 6.04 Å². The van der Waals surface area contributed by atoms with E-state index in [0.29, 0.717) is 5.92 Å². The minimum Gasteiger partial charge on any atom is -0.493 e. The lowest BCUT2D eigenvalue weighted by molar-refractivity contribution is 0.308. The predicted octanol–water partition coefficient (Wildman–Crippen LogP) is 4.11. The van der Waals surface area contributed by atoms with E-state index in [9.17, 15) is 0 Å². The highest BCUT2D eigenvalue weighted by Gasteiger charge is 2.32. The summed E-state index contributed by atoms with van der Waals surface area (Å²) in [6, 6.07) is 9.52. The number of hydrogen-bond acceptors (Lipinski definition) is 2. The molecule has 0 aliphatic heterocycles. The summed E-state index contributed by atoms with van der Waals surface area (Å²) in [5, 5.41) is 3.72. The van der Waals surface area contributed by atoms with Crippen LogP contribution in [0, 0.1) is 5.92 Å². The van der Waals surface area contributed by atoms with E-state index in [1.807, 2.05) is 0 Å². The molecular formula is C18H27NO. The van der Waals surface area contributed by atoms with Crippen LogP contribution in [-0.4, -0.2) is 19.2 Å². The Morgan fingerprint density at radius 3 is 2.80 bits per heavy atom. The first kappa shape index (κ1) is 13.9. The highest BCUT2D eigenvalue weighted by atomic mass is 16.5. The number of hydrogen-bond donors (Lipinski definition) is 1. The number of benzene rings is 1.